The third-order valence-corrected chi connectivity index (χ3v) is 3.17. The van der Waals surface area contributed by atoms with Crippen LogP contribution in [-0.2, 0) is 4.84 Å². The molecule has 0 spiro atoms. The lowest BCUT2D eigenvalue weighted by atomic mass is 10.2. The smallest absolute Gasteiger partial charge is 0.294 e. The van der Waals surface area contributed by atoms with Crippen LogP contribution in [0.2, 0.25) is 0 Å². The number of H-pyrrole nitrogens is 1. The summed E-state index contributed by atoms with van der Waals surface area (Å²) >= 11 is 0. The molecule has 0 amide bonds. The highest BCUT2D eigenvalue weighted by Gasteiger charge is 2.16. The molecule has 2 N–H and O–H groups in total. The zero-order valence-electron chi connectivity index (χ0n) is 13.0. The van der Waals surface area contributed by atoms with Gasteiger partial charge in [-0.3, -0.25) is 0 Å². The maximum absolute atomic E-state index is 10.6. The van der Waals surface area contributed by atoms with Gasteiger partial charge in [-0.15, -0.1) is 10.1 Å². The van der Waals surface area contributed by atoms with Crippen LogP contribution < -0.4 is 10.1 Å². The summed E-state index contributed by atoms with van der Waals surface area (Å²) in [6.07, 6.45) is -0.660. The van der Waals surface area contributed by atoms with Gasteiger partial charge in [-0.2, -0.15) is 0 Å². The topological polar surface area (TPSA) is 89.4 Å². The third kappa shape index (κ3) is 4.36. The lowest BCUT2D eigenvalue weighted by molar-refractivity contribution is -0.768. The molecular formula is C15H21N3O4. The fraction of sp³-hybridized carbons (Fsp3) is 0.467. The van der Waals surface area contributed by atoms with Crippen LogP contribution in [0, 0.1) is 17.0 Å². The van der Waals surface area contributed by atoms with E-state index in [1.54, 1.807) is 0 Å². The van der Waals surface area contributed by atoms with E-state index in [9.17, 15) is 10.1 Å². The number of nitrogens with one attached hydrogen (secondary N) is 2. The van der Waals surface area contributed by atoms with Crippen LogP contribution in [0.4, 0.5) is 0 Å². The van der Waals surface area contributed by atoms with E-state index in [2.05, 4.69) is 15.1 Å². The standard InChI is InChI=1S/C15H21N3O4/c1-10(2)16-8-12(22-18(19)20)9-21-15-6-4-5-14-13(15)7-11(3)17-14/h4-7,10,12,16-17H,8-9H2,1-3H3. The number of aryl methyl sites for hydroxylation is 1. The average molecular weight is 307 g/mol. The molecule has 0 saturated heterocycles. The van der Waals surface area contributed by atoms with Crippen molar-refractivity contribution in [2.24, 2.45) is 0 Å². The summed E-state index contributed by atoms with van der Waals surface area (Å²) in [5.74, 6) is 0.684. The van der Waals surface area contributed by atoms with Crippen LogP contribution in [-0.4, -0.2) is 35.4 Å². The zero-order chi connectivity index (χ0) is 16.1. The van der Waals surface area contributed by atoms with Crippen molar-refractivity contribution in [3.05, 3.63) is 40.1 Å². The van der Waals surface area contributed by atoms with Crippen LogP contribution in [0.15, 0.2) is 24.3 Å². The van der Waals surface area contributed by atoms with Gasteiger partial charge in [0.15, 0.2) is 6.10 Å². The average Bonchev–Trinajstić information content (AvgIpc) is 2.82. The van der Waals surface area contributed by atoms with E-state index in [1.807, 2.05) is 45.0 Å². The maximum Gasteiger partial charge on any atom is 0.294 e. The van der Waals surface area contributed by atoms with Crippen LogP contribution in [0.5, 0.6) is 5.75 Å². The van der Waals surface area contributed by atoms with Crippen LogP contribution in [0.1, 0.15) is 19.5 Å². The SMILES string of the molecule is Cc1cc2c(OCC(CNC(C)C)O[N+](=O)[O-])cccc2[nH]1. The summed E-state index contributed by atoms with van der Waals surface area (Å²) in [5, 5.41) is 13.9. The Morgan fingerprint density at radius 1 is 1.41 bits per heavy atom. The predicted octanol–water partition coefficient (Wildman–Crippen LogP) is 2.43. The second-order valence-corrected chi connectivity index (χ2v) is 5.49. The number of benzene rings is 1. The van der Waals surface area contributed by atoms with E-state index >= 15 is 0 Å². The molecule has 1 atom stereocenters. The van der Waals surface area contributed by atoms with E-state index in [0.29, 0.717) is 12.3 Å². The summed E-state index contributed by atoms with van der Waals surface area (Å²) < 4.78 is 5.74. The van der Waals surface area contributed by atoms with Gasteiger partial charge in [0, 0.05) is 29.2 Å². The molecular weight excluding hydrogens is 286 g/mol. The minimum atomic E-state index is -0.781. The Labute approximate surface area is 128 Å². The van der Waals surface area contributed by atoms with Crippen molar-refractivity contribution < 1.29 is 14.7 Å². The van der Waals surface area contributed by atoms with Gasteiger partial charge in [-0.1, -0.05) is 19.9 Å². The van der Waals surface area contributed by atoms with E-state index in [1.165, 1.54) is 0 Å². The molecule has 2 aromatic rings. The summed E-state index contributed by atoms with van der Waals surface area (Å²) in [7, 11) is 0. The lowest BCUT2D eigenvalue weighted by Gasteiger charge is -2.18. The molecule has 7 heteroatoms. The monoisotopic (exact) mass is 307 g/mol. The Bertz CT molecular complexity index is 639. The van der Waals surface area contributed by atoms with Crippen LogP contribution in [0.3, 0.4) is 0 Å². The van der Waals surface area contributed by atoms with Gasteiger partial charge in [-0.05, 0) is 25.1 Å². The molecule has 120 valence electrons. The molecule has 7 nitrogen and oxygen atoms in total. The second-order valence-electron chi connectivity index (χ2n) is 5.49. The number of aromatic nitrogens is 1. The second kappa shape index (κ2) is 7.13. The number of ether oxygens (including phenoxy) is 1. The van der Waals surface area contributed by atoms with Crippen LogP contribution in [0.25, 0.3) is 10.9 Å². The summed E-state index contributed by atoms with van der Waals surface area (Å²) in [4.78, 5) is 18.5. The predicted molar refractivity (Wildman–Crippen MR) is 83.5 cm³/mol. The summed E-state index contributed by atoms with van der Waals surface area (Å²) in [6, 6.07) is 7.88. The largest absolute Gasteiger partial charge is 0.491 e. The highest BCUT2D eigenvalue weighted by Crippen LogP contribution is 2.26. The molecule has 1 aromatic heterocycles. The van der Waals surface area contributed by atoms with Crippen molar-refractivity contribution in [2.75, 3.05) is 13.2 Å². The molecule has 1 aromatic carbocycles. The van der Waals surface area contributed by atoms with Crippen molar-refractivity contribution in [1.29, 1.82) is 0 Å². The first-order valence-corrected chi connectivity index (χ1v) is 7.21. The molecule has 0 aliphatic rings. The van der Waals surface area contributed by atoms with Gasteiger partial charge in [0.05, 0.1) is 0 Å². The molecule has 0 aliphatic carbocycles. The van der Waals surface area contributed by atoms with Crippen molar-refractivity contribution in [1.82, 2.24) is 10.3 Å². The fourth-order valence-electron chi connectivity index (χ4n) is 2.19. The Balaban J connectivity index is 2.04. The number of hydrogen-bond donors (Lipinski definition) is 2. The molecule has 0 radical (unpaired) electrons. The molecule has 22 heavy (non-hydrogen) atoms. The summed E-state index contributed by atoms with van der Waals surface area (Å²) in [5.41, 5.74) is 2.01. The van der Waals surface area contributed by atoms with Gasteiger partial charge >= 0.3 is 0 Å². The molecule has 0 saturated carbocycles. The van der Waals surface area contributed by atoms with Crippen LogP contribution >= 0.6 is 0 Å². The molecule has 1 heterocycles. The van der Waals surface area contributed by atoms with Crippen molar-refractivity contribution >= 4 is 10.9 Å². The van der Waals surface area contributed by atoms with Crippen molar-refractivity contribution in [2.45, 2.75) is 32.9 Å². The van der Waals surface area contributed by atoms with Gasteiger partial charge < -0.3 is 19.9 Å². The molecule has 0 fully saturated rings. The molecule has 2 rings (SSSR count). The number of fused-ring (bicyclic) bond motifs is 1. The fourth-order valence-corrected chi connectivity index (χ4v) is 2.19. The maximum atomic E-state index is 10.6. The van der Waals surface area contributed by atoms with Crippen molar-refractivity contribution in [3.63, 3.8) is 0 Å². The van der Waals surface area contributed by atoms with E-state index in [0.717, 1.165) is 16.6 Å². The highest BCUT2D eigenvalue weighted by atomic mass is 17.0. The first kappa shape index (κ1) is 16.1. The van der Waals surface area contributed by atoms with E-state index < -0.39 is 11.2 Å². The minimum absolute atomic E-state index is 0.101. The van der Waals surface area contributed by atoms with Crippen molar-refractivity contribution in [3.8, 4) is 5.75 Å². The quantitative estimate of drug-likeness (QED) is 0.577. The molecule has 1 unspecified atom stereocenters. The Hall–Kier alpha value is -2.28. The Morgan fingerprint density at radius 2 is 2.18 bits per heavy atom. The number of nitrogens with zero attached hydrogens (tertiary/aromatic N) is 1. The van der Waals surface area contributed by atoms with Gasteiger partial charge in [0.25, 0.3) is 5.09 Å². The molecule has 0 aliphatic heterocycles. The van der Waals surface area contributed by atoms with E-state index in [4.69, 9.17) is 4.74 Å². The van der Waals surface area contributed by atoms with Gasteiger partial charge in [-0.25, -0.2) is 0 Å². The van der Waals surface area contributed by atoms with E-state index in [-0.39, 0.29) is 12.6 Å². The zero-order valence-corrected chi connectivity index (χ0v) is 13.0. The van der Waals surface area contributed by atoms with Gasteiger partial charge in [0.1, 0.15) is 12.4 Å². The highest BCUT2D eigenvalue weighted by molar-refractivity contribution is 5.86. The lowest BCUT2D eigenvalue weighted by Crippen LogP contribution is -2.38. The first-order chi connectivity index (χ1) is 10.5. The number of aromatic amines is 1. The van der Waals surface area contributed by atoms with Gasteiger partial charge in [0.2, 0.25) is 0 Å². The number of hydrogen-bond acceptors (Lipinski definition) is 5. The Kier molecular flexibility index (Phi) is 5.21. The Morgan fingerprint density at radius 3 is 2.86 bits per heavy atom. The first-order valence-electron chi connectivity index (χ1n) is 7.21. The number of rotatable bonds is 8. The summed E-state index contributed by atoms with van der Waals surface area (Å²) in [6.45, 7) is 6.35. The normalized spacial score (nSPS) is 12.5. The third-order valence-electron chi connectivity index (χ3n) is 3.17. The molecule has 0 bridgehead atoms. The minimum Gasteiger partial charge on any atom is -0.491 e.